The molecule has 0 bridgehead atoms. The molecule has 0 aromatic carbocycles. The fourth-order valence-electron chi connectivity index (χ4n) is 1.98. The van der Waals surface area contributed by atoms with Gasteiger partial charge in [-0.2, -0.15) is 0 Å². The van der Waals surface area contributed by atoms with Crippen molar-refractivity contribution in [2.24, 2.45) is 5.73 Å². The van der Waals surface area contributed by atoms with Gasteiger partial charge in [-0.3, -0.25) is 0 Å². The molecule has 108 valence electrons. The van der Waals surface area contributed by atoms with Crippen LogP contribution in [0.3, 0.4) is 0 Å². The van der Waals surface area contributed by atoms with E-state index in [4.69, 9.17) is 15.2 Å². The zero-order chi connectivity index (χ0) is 14.1. The molecule has 5 nitrogen and oxygen atoms in total. The molecule has 0 amide bonds. The molecule has 0 saturated heterocycles. The number of nitrogens with zero attached hydrogens (tertiary/aromatic N) is 2. The molecule has 0 spiro atoms. The molecule has 0 aliphatic carbocycles. The maximum atomic E-state index is 5.54. The molecule has 0 aliphatic rings. The Labute approximate surface area is 115 Å². The molecule has 1 heterocycles. The monoisotopic (exact) mass is 267 g/mol. The van der Waals surface area contributed by atoms with Gasteiger partial charge in [0.15, 0.2) is 0 Å². The second kappa shape index (κ2) is 8.85. The van der Waals surface area contributed by atoms with Crippen molar-refractivity contribution in [2.75, 3.05) is 45.4 Å². The lowest BCUT2D eigenvalue weighted by molar-refractivity contribution is 0.170. The maximum absolute atomic E-state index is 5.54. The van der Waals surface area contributed by atoms with Gasteiger partial charge in [0.25, 0.3) is 0 Å². The van der Waals surface area contributed by atoms with Gasteiger partial charge in [-0.05, 0) is 31.5 Å². The number of pyridine rings is 1. The number of nitrogens with two attached hydrogens (primary N) is 1. The molecule has 1 aromatic heterocycles. The second-order valence-electron chi connectivity index (χ2n) is 4.55. The highest BCUT2D eigenvalue weighted by Gasteiger charge is 2.15. The van der Waals surface area contributed by atoms with E-state index in [1.807, 2.05) is 12.3 Å². The second-order valence-corrected chi connectivity index (χ2v) is 4.55. The van der Waals surface area contributed by atoms with Crippen LogP contribution < -0.4 is 10.6 Å². The standard InChI is InChI=1S/C14H25N3O2/c1-12(11-19-3)17(8-9-18-2)14-5-4-13(6-7-15)10-16-14/h4-5,10,12H,6-9,11,15H2,1-3H3. The lowest BCUT2D eigenvalue weighted by Crippen LogP contribution is -2.39. The van der Waals surface area contributed by atoms with Crippen LogP contribution >= 0.6 is 0 Å². The third-order valence-corrected chi connectivity index (χ3v) is 3.01. The highest BCUT2D eigenvalue weighted by Crippen LogP contribution is 2.15. The molecule has 1 aromatic rings. The van der Waals surface area contributed by atoms with E-state index >= 15 is 0 Å². The van der Waals surface area contributed by atoms with E-state index in [9.17, 15) is 0 Å². The highest BCUT2D eigenvalue weighted by atomic mass is 16.5. The van der Waals surface area contributed by atoms with Gasteiger partial charge < -0.3 is 20.1 Å². The first-order chi connectivity index (χ1) is 9.22. The first-order valence-corrected chi connectivity index (χ1v) is 6.62. The Hall–Kier alpha value is -1.17. The van der Waals surface area contributed by atoms with Crippen molar-refractivity contribution in [1.29, 1.82) is 0 Å². The summed E-state index contributed by atoms with van der Waals surface area (Å²) in [4.78, 5) is 6.71. The van der Waals surface area contributed by atoms with Gasteiger partial charge in [0, 0.05) is 27.0 Å². The van der Waals surface area contributed by atoms with E-state index in [1.54, 1.807) is 14.2 Å². The lowest BCUT2D eigenvalue weighted by atomic mass is 10.2. The van der Waals surface area contributed by atoms with Crippen LogP contribution in [-0.2, 0) is 15.9 Å². The number of ether oxygens (including phenoxy) is 2. The summed E-state index contributed by atoms with van der Waals surface area (Å²) in [6, 6.07) is 4.37. The zero-order valence-electron chi connectivity index (χ0n) is 12.1. The van der Waals surface area contributed by atoms with Crippen molar-refractivity contribution >= 4 is 5.82 Å². The highest BCUT2D eigenvalue weighted by molar-refractivity contribution is 5.40. The summed E-state index contributed by atoms with van der Waals surface area (Å²) in [5, 5.41) is 0. The number of rotatable bonds is 9. The van der Waals surface area contributed by atoms with E-state index in [1.165, 1.54) is 0 Å². The predicted molar refractivity (Wildman–Crippen MR) is 77.6 cm³/mol. The summed E-state index contributed by atoms with van der Waals surface area (Å²) in [5.74, 6) is 0.947. The minimum atomic E-state index is 0.257. The predicted octanol–water partition coefficient (Wildman–Crippen LogP) is 1.07. The maximum Gasteiger partial charge on any atom is 0.128 e. The van der Waals surface area contributed by atoms with Crippen molar-refractivity contribution in [1.82, 2.24) is 4.98 Å². The van der Waals surface area contributed by atoms with Crippen molar-refractivity contribution in [2.45, 2.75) is 19.4 Å². The molecule has 0 fully saturated rings. The number of anilines is 1. The fraction of sp³-hybridized carbons (Fsp3) is 0.643. The largest absolute Gasteiger partial charge is 0.383 e. The number of aromatic nitrogens is 1. The van der Waals surface area contributed by atoms with Gasteiger partial charge in [0.05, 0.1) is 19.3 Å². The third-order valence-electron chi connectivity index (χ3n) is 3.01. The van der Waals surface area contributed by atoms with Crippen LogP contribution in [-0.4, -0.2) is 51.5 Å². The molecule has 1 unspecified atom stereocenters. The Balaban J connectivity index is 2.77. The number of hydrogen-bond acceptors (Lipinski definition) is 5. The topological polar surface area (TPSA) is 60.6 Å². The first kappa shape index (κ1) is 15.9. The summed E-state index contributed by atoms with van der Waals surface area (Å²) in [7, 11) is 3.42. The molecule has 2 N–H and O–H groups in total. The average Bonchev–Trinajstić information content (AvgIpc) is 2.41. The summed E-state index contributed by atoms with van der Waals surface area (Å²) in [6.45, 7) is 4.89. The molecule has 1 rings (SSSR count). The van der Waals surface area contributed by atoms with Crippen molar-refractivity contribution in [3.05, 3.63) is 23.9 Å². The van der Waals surface area contributed by atoms with Crippen LogP contribution in [0, 0.1) is 0 Å². The quantitative estimate of drug-likeness (QED) is 0.725. The minimum Gasteiger partial charge on any atom is -0.383 e. The van der Waals surface area contributed by atoms with Crippen LogP contribution in [0.4, 0.5) is 5.82 Å². The molecule has 0 radical (unpaired) electrons. The van der Waals surface area contributed by atoms with Gasteiger partial charge in [0.1, 0.15) is 5.82 Å². The molecule has 5 heteroatoms. The van der Waals surface area contributed by atoms with Crippen LogP contribution in [0.15, 0.2) is 18.3 Å². The molecular formula is C14H25N3O2. The Bertz CT molecular complexity index is 343. The van der Waals surface area contributed by atoms with E-state index in [0.29, 0.717) is 19.8 Å². The zero-order valence-corrected chi connectivity index (χ0v) is 12.1. The molecule has 19 heavy (non-hydrogen) atoms. The Morgan fingerprint density at radius 1 is 1.32 bits per heavy atom. The van der Waals surface area contributed by atoms with Gasteiger partial charge in [0.2, 0.25) is 0 Å². The smallest absolute Gasteiger partial charge is 0.128 e. The fourth-order valence-corrected chi connectivity index (χ4v) is 1.98. The normalized spacial score (nSPS) is 12.4. The van der Waals surface area contributed by atoms with E-state index in [2.05, 4.69) is 22.9 Å². The summed E-state index contributed by atoms with van der Waals surface area (Å²) >= 11 is 0. The third kappa shape index (κ3) is 5.14. The number of hydrogen-bond donors (Lipinski definition) is 1. The van der Waals surface area contributed by atoms with Crippen molar-refractivity contribution in [3.8, 4) is 0 Å². The van der Waals surface area contributed by atoms with E-state index in [0.717, 1.165) is 24.3 Å². The van der Waals surface area contributed by atoms with Crippen molar-refractivity contribution in [3.63, 3.8) is 0 Å². The number of methoxy groups -OCH3 is 2. The van der Waals surface area contributed by atoms with Crippen molar-refractivity contribution < 1.29 is 9.47 Å². The van der Waals surface area contributed by atoms with Crippen LogP contribution in [0.1, 0.15) is 12.5 Å². The van der Waals surface area contributed by atoms with Crippen LogP contribution in [0.5, 0.6) is 0 Å². The van der Waals surface area contributed by atoms with Gasteiger partial charge in [-0.1, -0.05) is 6.07 Å². The van der Waals surface area contributed by atoms with E-state index < -0.39 is 0 Å². The van der Waals surface area contributed by atoms with Gasteiger partial charge >= 0.3 is 0 Å². The van der Waals surface area contributed by atoms with E-state index in [-0.39, 0.29) is 6.04 Å². The average molecular weight is 267 g/mol. The van der Waals surface area contributed by atoms with Crippen LogP contribution in [0.25, 0.3) is 0 Å². The summed E-state index contributed by atoms with van der Waals surface area (Å²) in [6.07, 6.45) is 2.75. The molecule has 1 atom stereocenters. The Morgan fingerprint density at radius 3 is 2.63 bits per heavy atom. The van der Waals surface area contributed by atoms with Gasteiger partial charge in [-0.15, -0.1) is 0 Å². The SMILES string of the molecule is COCCN(c1ccc(CCN)cn1)C(C)COC. The van der Waals surface area contributed by atoms with Crippen LogP contribution in [0.2, 0.25) is 0 Å². The molecule has 0 saturated carbocycles. The Kier molecular flexibility index (Phi) is 7.40. The lowest BCUT2D eigenvalue weighted by Gasteiger charge is -2.29. The van der Waals surface area contributed by atoms with Gasteiger partial charge in [-0.25, -0.2) is 4.98 Å². The summed E-state index contributed by atoms with van der Waals surface area (Å²) in [5.41, 5.74) is 6.70. The minimum absolute atomic E-state index is 0.257. The molecular weight excluding hydrogens is 242 g/mol. The summed E-state index contributed by atoms with van der Waals surface area (Å²) < 4.78 is 10.4. The molecule has 0 aliphatic heterocycles. The Morgan fingerprint density at radius 2 is 2.11 bits per heavy atom. The first-order valence-electron chi connectivity index (χ1n) is 6.62.